The van der Waals surface area contributed by atoms with Gasteiger partial charge in [-0.05, 0) is 36.8 Å². The van der Waals surface area contributed by atoms with Crippen LogP contribution in [0.25, 0.3) is 0 Å². The van der Waals surface area contributed by atoms with Crippen molar-refractivity contribution in [2.24, 2.45) is 0 Å². The zero-order valence-electron chi connectivity index (χ0n) is 10.1. The smallest absolute Gasteiger partial charge is 0.337 e. The Kier molecular flexibility index (Phi) is 3.33. The van der Waals surface area contributed by atoms with E-state index in [-0.39, 0.29) is 22.9 Å². The molecule has 0 amide bonds. The topological polar surface area (TPSA) is 88.2 Å². The van der Waals surface area contributed by atoms with E-state index in [9.17, 15) is 9.18 Å². The van der Waals surface area contributed by atoms with Gasteiger partial charge in [-0.25, -0.2) is 14.2 Å². The summed E-state index contributed by atoms with van der Waals surface area (Å²) in [6.07, 6.45) is 1.25. The van der Waals surface area contributed by atoms with Crippen molar-refractivity contribution in [1.82, 2.24) is 4.98 Å². The molecule has 0 unspecified atom stereocenters. The quantitative estimate of drug-likeness (QED) is 0.790. The van der Waals surface area contributed by atoms with Gasteiger partial charge in [-0.1, -0.05) is 0 Å². The first-order valence-electron chi connectivity index (χ1n) is 5.49. The number of nitrogen functional groups attached to an aromatic ring is 1. The van der Waals surface area contributed by atoms with Gasteiger partial charge in [-0.2, -0.15) is 0 Å². The van der Waals surface area contributed by atoms with Crippen LogP contribution in [0, 0.1) is 12.7 Å². The molecule has 19 heavy (non-hydrogen) atoms. The Morgan fingerprint density at radius 3 is 2.74 bits per heavy atom. The molecular formula is C13H12FN3O2. The van der Waals surface area contributed by atoms with Gasteiger partial charge >= 0.3 is 5.97 Å². The number of aromatic nitrogens is 1. The largest absolute Gasteiger partial charge is 0.478 e. The first-order valence-corrected chi connectivity index (χ1v) is 5.49. The fourth-order valence-corrected chi connectivity index (χ4v) is 1.68. The zero-order valence-corrected chi connectivity index (χ0v) is 10.1. The van der Waals surface area contributed by atoms with Crippen LogP contribution in [0.3, 0.4) is 0 Å². The lowest BCUT2D eigenvalue weighted by Gasteiger charge is -2.08. The minimum atomic E-state index is -1.14. The molecule has 1 aromatic carbocycles. The second-order valence-corrected chi connectivity index (χ2v) is 4.10. The third kappa shape index (κ3) is 2.98. The molecule has 4 N–H and O–H groups in total. The maximum atomic E-state index is 13.2. The number of aryl methyl sites for hydroxylation is 1. The third-order valence-corrected chi connectivity index (χ3v) is 2.48. The minimum Gasteiger partial charge on any atom is -0.478 e. The highest BCUT2D eigenvalue weighted by Crippen LogP contribution is 2.20. The van der Waals surface area contributed by atoms with Crippen LogP contribution in [-0.2, 0) is 0 Å². The first kappa shape index (κ1) is 12.8. The van der Waals surface area contributed by atoms with Gasteiger partial charge in [-0.3, -0.25) is 0 Å². The number of carboxylic acids is 1. The number of hydrogen-bond acceptors (Lipinski definition) is 4. The van der Waals surface area contributed by atoms with Crippen LogP contribution in [0.1, 0.15) is 15.9 Å². The monoisotopic (exact) mass is 261 g/mol. The predicted octanol–water partition coefficient (Wildman–Crippen LogP) is 2.55. The number of nitrogens with zero attached hydrogens (tertiary/aromatic N) is 1. The fraction of sp³-hybridized carbons (Fsp3) is 0.0769. The molecule has 2 rings (SSSR count). The van der Waals surface area contributed by atoms with Gasteiger partial charge in [0, 0.05) is 5.69 Å². The van der Waals surface area contributed by atoms with Crippen molar-refractivity contribution in [3.05, 3.63) is 47.4 Å². The Bertz CT molecular complexity index is 624. The molecule has 0 aliphatic rings. The van der Waals surface area contributed by atoms with Crippen LogP contribution in [-0.4, -0.2) is 16.1 Å². The maximum Gasteiger partial charge on any atom is 0.337 e. The van der Waals surface area contributed by atoms with Crippen LogP contribution in [0.4, 0.5) is 21.6 Å². The minimum absolute atomic E-state index is 0.0503. The van der Waals surface area contributed by atoms with Crippen molar-refractivity contribution in [3.8, 4) is 0 Å². The summed E-state index contributed by atoms with van der Waals surface area (Å²) in [5, 5.41) is 11.8. The van der Waals surface area contributed by atoms with E-state index in [1.807, 2.05) is 0 Å². The first-order chi connectivity index (χ1) is 8.95. The Morgan fingerprint density at radius 2 is 2.11 bits per heavy atom. The Balaban J connectivity index is 2.33. The van der Waals surface area contributed by atoms with Crippen LogP contribution >= 0.6 is 0 Å². The molecule has 0 saturated heterocycles. The van der Waals surface area contributed by atoms with Gasteiger partial charge in [0.2, 0.25) is 0 Å². The molecule has 0 aliphatic heterocycles. The number of nitrogens with two attached hydrogens (primary N) is 1. The van der Waals surface area contributed by atoms with Crippen LogP contribution in [0.2, 0.25) is 0 Å². The number of carbonyl (C=O) groups is 1. The van der Waals surface area contributed by atoms with Crippen LogP contribution in [0.5, 0.6) is 0 Å². The molecule has 0 aliphatic carbocycles. The molecule has 98 valence electrons. The average Bonchev–Trinajstić information content (AvgIpc) is 2.30. The maximum absolute atomic E-state index is 13.2. The number of carboxylic acid groups (broad SMARTS) is 1. The number of aromatic carboxylic acids is 1. The lowest BCUT2D eigenvalue weighted by Crippen LogP contribution is -2.05. The highest BCUT2D eigenvalue weighted by atomic mass is 19.1. The van der Waals surface area contributed by atoms with Crippen molar-refractivity contribution in [2.45, 2.75) is 6.92 Å². The van der Waals surface area contributed by atoms with Crippen LogP contribution in [0.15, 0.2) is 30.5 Å². The Hall–Kier alpha value is -2.63. The average molecular weight is 261 g/mol. The summed E-state index contributed by atoms with van der Waals surface area (Å²) >= 11 is 0. The number of nitrogens with one attached hydrogen (secondary N) is 1. The summed E-state index contributed by atoms with van der Waals surface area (Å²) in [7, 11) is 0. The van der Waals surface area contributed by atoms with Crippen molar-refractivity contribution in [2.75, 3.05) is 11.1 Å². The molecule has 0 bridgehead atoms. The van der Waals surface area contributed by atoms with E-state index in [0.717, 1.165) is 5.56 Å². The van der Waals surface area contributed by atoms with E-state index in [2.05, 4.69) is 10.3 Å². The Labute approximate surface area is 108 Å². The molecule has 5 nitrogen and oxygen atoms in total. The van der Waals surface area contributed by atoms with E-state index in [4.69, 9.17) is 10.8 Å². The fourth-order valence-electron chi connectivity index (χ4n) is 1.68. The van der Waals surface area contributed by atoms with Gasteiger partial charge in [0.15, 0.2) is 0 Å². The highest BCUT2D eigenvalue weighted by molar-refractivity contribution is 5.94. The second kappa shape index (κ2) is 4.93. The van der Waals surface area contributed by atoms with Crippen molar-refractivity contribution in [3.63, 3.8) is 0 Å². The predicted molar refractivity (Wildman–Crippen MR) is 70.0 cm³/mol. The van der Waals surface area contributed by atoms with Gasteiger partial charge in [0.25, 0.3) is 0 Å². The molecule has 0 atom stereocenters. The van der Waals surface area contributed by atoms with Crippen LogP contribution < -0.4 is 11.1 Å². The Morgan fingerprint density at radius 1 is 1.37 bits per heavy atom. The number of pyridine rings is 1. The van der Waals surface area contributed by atoms with E-state index in [0.29, 0.717) is 5.69 Å². The van der Waals surface area contributed by atoms with E-state index in [1.165, 1.54) is 24.4 Å². The zero-order chi connectivity index (χ0) is 14.0. The SMILES string of the molecule is Cc1cc(F)cc(Nc2cc(C(=O)O)c(N)cn2)c1. The van der Waals surface area contributed by atoms with Gasteiger partial charge in [0.05, 0.1) is 17.4 Å². The van der Waals surface area contributed by atoms with E-state index < -0.39 is 5.97 Å². The molecule has 6 heteroatoms. The third-order valence-electron chi connectivity index (χ3n) is 2.48. The molecular weight excluding hydrogens is 249 g/mol. The number of benzene rings is 1. The normalized spacial score (nSPS) is 10.2. The van der Waals surface area contributed by atoms with Gasteiger partial charge in [-0.15, -0.1) is 0 Å². The number of rotatable bonds is 3. The van der Waals surface area contributed by atoms with Gasteiger partial charge < -0.3 is 16.2 Å². The molecule has 0 spiro atoms. The molecule has 1 aromatic heterocycles. The number of hydrogen-bond donors (Lipinski definition) is 3. The number of halogens is 1. The lowest BCUT2D eigenvalue weighted by molar-refractivity contribution is 0.0698. The lowest BCUT2D eigenvalue weighted by atomic mass is 10.2. The number of anilines is 3. The van der Waals surface area contributed by atoms with E-state index in [1.54, 1.807) is 13.0 Å². The summed E-state index contributed by atoms with van der Waals surface area (Å²) in [6.45, 7) is 1.76. The second-order valence-electron chi connectivity index (χ2n) is 4.10. The summed E-state index contributed by atoms with van der Waals surface area (Å²) in [6, 6.07) is 5.72. The van der Waals surface area contributed by atoms with Crippen molar-refractivity contribution < 1.29 is 14.3 Å². The van der Waals surface area contributed by atoms with Gasteiger partial charge in [0.1, 0.15) is 11.6 Å². The molecule has 2 aromatic rings. The molecule has 0 fully saturated rings. The standard InChI is InChI=1S/C13H12FN3O2/c1-7-2-8(14)4-9(3-7)17-12-5-10(13(18)19)11(15)6-16-12/h2-6H,15H2,1H3,(H,16,17)(H,18,19). The summed E-state index contributed by atoms with van der Waals surface area (Å²) < 4.78 is 13.2. The van der Waals surface area contributed by atoms with Crippen molar-refractivity contribution in [1.29, 1.82) is 0 Å². The van der Waals surface area contributed by atoms with Crippen molar-refractivity contribution >= 4 is 23.2 Å². The summed E-state index contributed by atoms with van der Waals surface area (Å²) in [5.74, 6) is -1.23. The summed E-state index contributed by atoms with van der Waals surface area (Å²) in [5.41, 5.74) is 6.77. The highest BCUT2D eigenvalue weighted by Gasteiger charge is 2.10. The molecule has 0 radical (unpaired) electrons. The molecule has 0 saturated carbocycles. The summed E-state index contributed by atoms with van der Waals surface area (Å²) in [4.78, 5) is 14.9. The molecule has 1 heterocycles. The van der Waals surface area contributed by atoms with E-state index >= 15 is 0 Å².